The van der Waals surface area contributed by atoms with Crippen LogP contribution in [0.5, 0.6) is 0 Å². The standard InChI is InChI=1S/C60H62N4O6/c1-57(2,3)41-23-39-24-42(58(4,5)6)28-46-51(39)45(27-41)53(67)63(54(46)68)33-49(65)61-31-37-19-15-35(16-20-37)13-14-36-17-21-38(22-18-36)32-62-50(66)34-64-55(69)47-29-43(59(7,8)9)25-40-26-44(60(10,11)12)30-48(52(40)47)56(64)70/h15-30H,31-34H2,1-12H3,(H,61,65)(H,62,66). The number of carbonyl (C=O) groups excluding carboxylic acids is 6. The highest BCUT2D eigenvalue weighted by Gasteiger charge is 2.38. The zero-order chi connectivity index (χ0) is 50.8. The molecule has 0 saturated heterocycles. The van der Waals surface area contributed by atoms with Crippen molar-refractivity contribution in [3.8, 4) is 11.8 Å². The van der Waals surface area contributed by atoms with Gasteiger partial charge in [-0.15, -0.1) is 0 Å². The monoisotopic (exact) mass is 934 g/mol. The maximum absolute atomic E-state index is 13.9. The fourth-order valence-corrected chi connectivity index (χ4v) is 8.85. The number of imide groups is 2. The van der Waals surface area contributed by atoms with E-state index in [2.05, 4.69) is 130 Å². The second kappa shape index (κ2) is 17.9. The molecular formula is C60H62N4O6. The largest absolute Gasteiger partial charge is 0.350 e. The van der Waals surface area contributed by atoms with Crippen LogP contribution in [0, 0.1) is 11.8 Å². The van der Waals surface area contributed by atoms with Crippen LogP contribution in [0.15, 0.2) is 97.1 Å². The highest BCUT2D eigenvalue weighted by atomic mass is 16.2. The Morgan fingerprint density at radius 1 is 0.414 bits per heavy atom. The van der Waals surface area contributed by atoms with Crippen molar-refractivity contribution in [2.24, 2.45) is 0 Å². The summed E-state index contributed by atoms with van der Waals surface area (Å²) in [5.74, 6) is 3.51. The summed E-state index contributed by atoms with van der Waals surface area (Å²) in [6.45, 7) is 24.6. The van der Waals surface area contributed by atoms with Crippen LogP contribution in [0.1, 0.15) is 169 Å². The van der Waals surface area contributed by atoms with Gasteiger partial charge in [-0.25, -0.2) is 0 Å². The van der Waals surface area contributed by atoms with Gasteiger partial charge in [0, 0.05) is 57.2 Å². The van der Waals surface area contributed by atoms with Gasteiger partial charge in [-0.05, 0) is 114 Å². The molecule has 0 saturated carbocycles. The van der Waals surface area contributed by atoms with Gasteiger partial charge in [0.05, 0.1) is 0 Å². The lowest BCUT2D eigenvalue weighted by molar-refractivity contribution is -0.122. The molecule has 6 aromatic rings. The van der Waals surface area contributed by atoms with E-state index in [0.717, 1.165) is 65.1 Å². The zero-order valence-electron chi connectivity index (χ0n) is 42.4. The van der Waals surface area contributed by atoms with Gasteiger partial charge < -0.3 is 10.6 Å². The van der Waals surface area contributed by atoms with E-state index < -0.39 is 48.5 Å². The Morgan fingerprint density at radius 3 is 0.914 bits per heavy atom. The first kappa shape index (κ1) is 49.1. The van der Waals surface area contributed by atoms with Crippen molar-refractivity contribution in [3.05, 3.63) is 164 Å². The minimum absolute atomic E-state index is 0.195. The molecule has 2 heterocycles. The van der Waals surface area contributed by atoms with Gasteiger partial charge in [-0.2, -0.15) is 0 Å². The van der Waals surface area contributed by atoms with Crippen molar-refractivity contribution in [2.45, 2.75) is 118 Å². The van der Waals surface area contributed by atoms with Gasteiger partial charge in [0.25, 0.3) is 23.6 Å². The molecule has 6 amide bonds. The van der Waals surface area contributed by atoms with Crippen LogP contribution in [0.2, 0.25) is 0 Å². The second-order valence-corrected chi connectivity index (χ2v) is 22.9. The molecule has 8 rings (SSSR count). The quantitative estimate of drug-likeness (QED) is 0.115. The summed E-state index contributed by atoms with van der Waals surface area (Å²) >= 11 is 0. The third-order valence-electron chi connectivity index (χ3n) is 13.3. The Morgan fingerprint density at radius 2 is 0.671 bits per heavy atom. The summed E-state index contributed by atoms with van der Waals surface area (Å²) < 4.78 is 0. The van der Waals surface area contributed by atoms with Crippen LogP contribution in [0.4, 0.5) is 0 Å². The summed E-state index contributed by atoms with van der Waals surface area (Å²) in [6, 6.07) is 30.6. The van der Waals surface area contributed by atoms with E-state index in [1.54, 1.807) is 0 Å². The molecule has 2 aliphatic heterocycles. The summed E-state index contributed by atoms with van der Waals surface area (Å²) in [6.07, 6.45) is 0. The van der Waals surface area contributed by atoms with Gasteiger partial charge in [-0.1, -0.05) is 143 Å². The fourth-order valence-electron chi connectivity index (χ4n) is 8.85. The molecule has 2 aliphatic rings. The summed E-state index contributed by atoms with van der Waals surface area (Å²) in [7, 11) is 0. The van der Waals surface area contributed by atoms with E-state index in [-0.39, 0.29) is 34.7 Å². The third-order valence-corrected chi connectivity index (χ3v) is 13.3. The van der Waals surface area contributed by atoms with Crippen LogP contribution < -0.4 is 10.6 Å². The molecule has 10 heteroatoms. The molecule has 0 bridgehead atoms. The van der Waals surface area contributed by atoms with Crippen molar-refractivity contribution in [1.82, 2.24) is 20.4 Å². The molecule has 0 fully saturated rings. The lowest BCUT2D eigenvalue weighted by Crippen LogP contribution is -2.46. The first-order chi connectivity index (χ1) is 32.7. The number of carbonyl (C=O) groups is 6. The van der Waals surface area contributed by atoms with Gasteiger partial charge >= 0.3 is 0 Å². The fraction of sp³-hybridized carbons (Fsp3) is 0.333. The molecule has 0 unspecified atom stereocenters. The van der Waals surface area contributed by atoms with Gasteiger partial charge in [0.1, 0.15) is 13.1 Å². The van der Waals surface area contributed by atoms with Crippen LogP contribution >= 0.6 is 0 Å². The Labute approximate surface area is 411 Å². The lowest BCUT2D eigenvalue weighted by atomic mass is 9.79. The second-order valence-electron chi connectivity index (χ2n) is 22.9. The maximum Gasteiger partial charge on any atom is 0.261 e. The molecule has 0 aromatic heterocycles. The van der Waals surface area contributed by atoms with E-state index in [0.29, 0.717) is 33.0 Å². The maximum atomic E-state index is 13.9. The summed E-state index contributed by atoms with van der Waals surface area (Å²) in [4.78, 5) is 84.4. The number of hydrogen-bond donors (Lipinski definition) is 2. The van der Waals surface area contributed by atoms with Gasteiger partial charge in [-0.3, -0.25) is 38.6 Å². The third kappa shape index (κ3) is 9.89. The summed E-state index contributed by atoms with van der Waals surface area (Å²) in [5, 5.41) is 8.70. The van der Waals surface area contributed by atoms with Crippen LogP contribution in [-0.2, 0) is 44.3 Å². The Kier molecular flexibility index (Phi) is 12.5. The van der Waals surface area contributed by atoms with Crippen molar-refractivity contribution >= 4 is 57.0 Å². The van der Waals surface area contributed by atoms with Crippen LogP contribution in [0.25, 0.3) is 21.5 Å². The number of nitrogens with one attached hydrogen (secondary N) is 2. The van der Waals surface area contributed by atoms with Crippen molar-refractivity contribution < 1.29 is 28.8 Å². The lowest BCUT2D eigenvalue weighted by Gasteiger charge is -2.31. The minimum atomic E-state index is -0.479. The first-order valence-corrected chi connectivity index (χ1v) is 23.9. The van der Waals surface area contributed by atoms with Crippen molar-refractivity contribution in [2.75, 3.05) is 13.1 Å². The predicted octanol–water partition coefficient (Wildman–Crippen LogP) is 10.4. The Hall–Kier alpha value is -7.38. The van der Waals surface area contributed by atoms with E-state index >= 15 is 0 Å². The highest BCUT2D eigenvalue weighted by molar-refractivity contribution is 6.27. The average molecular weight is 935 g/mol. The van der Waals surface area contributed by atoms with Gasteiger partial charge in [0.15, 0.2) is 0 Å². The molecule has 0 spiro atoms. The molecule has 0 atom stereocenters. The molecule has 70 heavy (non-hydrogen) atoms. The number of benzene rings is 6. The van der Waals surface area contributed by atoms with E-state index in [1.165, 1.54) is 0 Å². The minimum Gasteiger partial charge on any atom is -0.350 e. The summed E-state index contributed by atoms with van der Waals surface area (Å²) in [5.41, 5.74) is 7.82. The van der Waals surface area contributed by atoms with E-state index in [9.17, 15) is 28.8 Å². The van der Waals surface area contributed by atoms with Crippen molar-refractivity contribution in [3.63, 3.8) is 0 Å². The van der Waals surface area contributed by atoms with Crippen molar-refractivity contribution in [1.29, 1.82) is 0 Å². The number of rotatable bonds is 8. The van der Waals surface area contributed by atoms with Crippen LogP contribution in [-0.4, -0.2) is 58.3 Å². The topological polar surface area (TPSA) is 133 Å². The zero-order valence-corrected chi connectivity index (χ0v) is 42.4. The van der Waals surface area contributed by atoms with Crippen LogP contribution in [0.3, 0.4) is 0 Å². The van der Waals surface area contributed by atoms with E-state index in [1.807, 2.05) is 72.8 Å². The SMILES string of the molecule is CC(C)(C)c1cc2c3c(cc(C(C)(C)C)cc3c1)C(=O)N(CC(=O)NCc1ccc(C#Cc3ccc(CNC(=O)CN4C(=O)c5cc(C(C)(C)C)cc6cc(C(C)(C)C)cc(c56)C4=O)cc3)cc1)C2=O. The predicted molar refractivity (Wildman–Crippen MR) is 276 cm³/mol. The van der Waals surface area contributed by atoms with Gasteiger partial charge in [0.2, 0.25) is 11.8 Å². The molecule has 6 aromatic carbocycles. The normalized spacial score (nSPS) is 14.0. The molecule has 0 radical (unpaired) electrons. The number of hydrogen-bond acceptors (Lipinski definition) is 6. The smallest absolute Gasteiger partial charge is 0.261 e. The Bertz CT molecular complexity index is 2900. The molecular weight excluding hydrogens is 873 g/mol. The Balaban J connectivity index is 0.862. The molecule has 0 aliphatic carbocycles. The number of amides is 6. The number of nitrogens with zero attached hydrogens (tertiary/aromatic N) is 2. The first-order valence-electron chi connectivity index (χ1n) is 23.9. The highest BCUT2D eigenvalue weighted by Crippen LogP contribution is 2.40. The molecule has 10 nitrogen and oxygen atoms in total. The average Bonchev–Trinajstić information content (AvgIpc) is 3.29. The molecule has 2 N–H and O–H groups in total. The van der Waals surface area contributed by atoms with E-state index in [4.69, 9.17) is 0 Å². The molecule has 358 valence electrons.